The summed E-state index contributed by atoms with van der Waals surface area (Å²) < 4.78 is 32.3. The predicted molar refractivity (Wildman–Crippen MR) is 106 cm³/mol. The maximum Gasteiger partial charge on any atom is 0.263 e. The van der Waals surface area contributed by atoms with Gasteiger partial charge >= 0.3 is 0 Å². The third-order valence-corrected chi connectivity index (χ3v) is 5.99. The molecule has 146 valence electrons. The standard InChI is InChI=1S/C18H18N4O4S2/c1-26-15-4-6-16(7-5-15)28(24,25)22-18-21-14(12-27-18)9-17(23)20-11-13-3-2-8-19-10-13/h2-8,10,12H,9,11H2,1H3,(H,20,23)(H,21,22). The first-order valence-electron chi connectivity index (χ1n) is 8.23. The van der Waals surface area contributed by atoms with Gasteiger partial charge in [-0.25, -0.2) is 13.4 Å². The Labute approximate surface area is 166 Å². The average molecular weight is 419 g/mol. The molecule has 8 nitrogen and oxygen atoms in total. The molecule has 0 aliphatic carbocycles. The van der Waals surface area contributed by atoms with Crippen molar-refractivity contribution in [3.05, 3.63) is 65.4 Å². The van der Waals surface area contributed by atoms with Crippen molar-refractivity contribution in [1.82, 2.24) is 15.3 Å². The van der Waals surface area contributed by atoms with Crippen molar-refractivity contribution in [3.63, 3.8) is 0 Å². The van der Waals surface area contributed by atoms with Gasteiger partial charge in [0, 0.05) is 24.3 Å². The van der Waals surface area contributed by atoms with E-state index >= 15 is 0 Å². The van der Waals surface area contributed by atoms with E-state index in [0.717, 1.165) is 16.9 Å². The molecule has 0 unspecified atom stereocenters. The summed E-state index contributed by atoms with van der Waals surface area (Å²) in [5.74, 6) is 0.353. The van der Waals surface area contributed by atoms with E-state index in [1.54, 1.807) is 36.0 Å². The largest absolute Gasteiger partial charge is 0.497 e. The number of carbonyl (C=O) groups excluding carboxylic acids is 1. The summed E-state index contributed by atoms with van der Waals surface area (Å²) in [5.41, 5.74) is 1.38. The maximum absolute atomic E-state index is 12.4. The summed E-state index contributed by atoms with van der Waals surface area (Å²) >= 11 is 1.12. The molecule has 2 aromatic heterocycles. The lowest BCUT2D eigenvalue weighted by Gasteiger charge is -2.06. The van der Waals surface area contributed by atoms with E-state index in [2.05, 4.69) is 20.0 Å². The fraction of sp³-hybridized carbons (Fsp3) is 0.167. The molecule has 10 heteroatoms. The molecule has 0 spiro atoms. The molecule has 0 bridgehead atoms. The third-order valence-electron chi connectivity index (χ3n) is 3.70. The van der Waals surface area contributed by atoms with Crippen LogP contribution >= 0.6 is 11.3 Å². The van der Waals surface area contributed by atoms with Gasteiger partial charge in [0.2, 0.25) is 5.91 Å². The van der Waals surface area contributed by atoms with Crippen LogP contribution < -0.4 is 14.8 Å². The van der Waals surface area contributed by atoms with Crippen molar-refractivity contribution in [1.29, 1.82) is 0 Å². The van der Waals surface area contributed by atoms with Crippen LogP contribution in [0.25, 0.3) is 0 Å². The van der Waals surface area contributed by atoms with Gasteiger partial charge in [0.15, 0.2) is 5.13 Å². The zero-order valence-corrected chi connectivity index (χ0v) is 16.6. The monoisotopic (exact) mass is 418 g/mol. The molecule has 1 amide bonds. The highest BCUT2D eigenvalue weighted by Crippen LogP contribution is 2.22. The number of hydrogen-bond acceptors (Lipinski definition) is 7. The van der Waals surface area contributed by atoms with Crippen LogP contribution in [-0.4, -0.2) is 31.4 Å². The fourth-order valence-corrected chi connectivity index (χ4v) is 4.26. The summed E-state index contributed by atoms with van der Waals surface area (Å²) in [6.07, 6.45) is 3.39. The van der Waals surface area contributed by atoms with Gasteiger partial charge in [-0.2, -0.15) is 0 Å². The van der Waals surface area contributed by atoms with Crippen LogP contribution in [0.4, 0.5) is 5.13 Å². The van der Waals surface area contributed by atoms with Crippen LogP contribution in [0, 0.1) is 0 Å². The minimum atomic E-state index is -3.76. The van der Waals surface area contributed by atoms with E-state index < -0.39 is 10.0 Å². The van der Waals surface area contributed by atoms with Gasteiger partial charge in [0.1, 0.15) is 5.75 Å². The van der Waals surface area contributed by atoms with Gasteiger partial charge in [0.05, 0.1) is 24.1 Å². The number of sulfonamides is 1. The van der Waals surface area contributed by atoms with Crippen LogP contribution in [0.15, 0.2) is 59.1 Å². The highest BCUT2D eigenvalue weighted by molar-refractivity contribution is 7.93. The number of carbonyl (C=O) groups is 1. The molecule has 0 saturated carbocycles. The van der Waals surface area contributed by atoms with E-state index in [1.807, 2.05) is 6.07 Å². The minimum Gasteiger partial charge on any atom is -0.497 e. The van der Waals surface area contributed by atoms with E-state index in [0.29, 0.717) is 18.0 Å². The molecule has 1 aromatic carbocycles. The number of rotatable bonds is 8. The molecule has 0 atom stereocenters. The number of thiazole rings is 1. The molecule has 2 N–H and O–H groups in total. The molecule has 0 fully saturated rings. The summed E-state index contributed by atoms with van der Waals surface area (Å²) in [7, 11) is -2.26. The number of hydrogen-bond donors (Lipinski definition) is 2. The van der Waals surface area contributed by atoms with Gasteiger partial charge < -0.3 is 10.1 Å². The Morgan fingerprint density at radius 2 is 2.00 bits per heavy atom. The third kappa shape index (κ3) is 5.27. The molecule has 0 radical (unpaired) electrons. The maximum atomic E-state index is 12.4. The number of pyridine rings is 1. The first kappa shape index (κ1) is 19.8. The molecule has 28 heavy (non-hydrogen) atoms. The molecule has 3 aromatic rings. The van der Waals surface area contributed by atoms with Crippen LogP contribution in [0.5, 0.6) is 5.75 Å². The number of methoxy groups -OCH3 is 1. The molecule has 0 saturated heterocycles. The Morgan fingerprint density at radius 1 is 1.21 bits per heavy atom. The van der Waals surface area contributed by atoms with Gasteiger partial charge in [-0.15, -0.1) is 11.3 Å². The second-order valence-electron chi connectivity index (χ2n) is 5.74. The van der Waals surface area contributed by atoms with Gasteiger partial charge in [-0.1, -0.05) is 6.07 Å². The number of amides is 1. The van der Waals surface area contributed by atoms with Gasteiger partial charge in [0.25, 0.3) is 10.0 Å². The normalized spacial score (nSPS) is 11.0. The molecule has 3 rings (SSSR count). The molecule has 0 aliphatic heterocycles. The molecule has 0 aliphatic rings. The van der Waals surface area contributed by atoms with Gasteiger partial charge in [-0.3, -0.25) is 14.5 Å². The van der Waals surface area contributed by atoms with Crippen LogP contribution in [0.1, 0.15) is 11.3 Å². The zero-order valence-electron chi connectivity index (χ0n) is 15.0. The minimum absolute atomic E-state index is 0.0566. The number of aromatic nitrogens is 2. The second kappa shape index (κ2) is 8.81. The zero-order chi connectivity index (χ0) is 20.0. The lowest BCUT2D eigenvalue weighted by atomic mass is 10.2. The summed E-state index contributed by atoms with van der Waals surface area (Å²) in [4.78, 5) is 20.3. The fourth-order valence-electron chi connectivity index (χ4n) is 2.29. The predicted octanol–water partition coefficient (Wildman–Crippen LogP) is 2.21. The Balaban J connectivity index is 1.57. The smallest absolute Gasteiger partial charge is 0.263 e. The Hall–Kier alpha value is -2.98. The molecular formula is C18H18N4O4S2. The van der Waals surface area contributed by atoms with E-state index in [1.165, 1.54) is 19.2 Å². The van der Waals surface area contributed by atoms with Gasteiger partial charge in [-0.05, 0) is 35.9 Å². The first-order chi connectivity index (χ1) is 13.5. The second-order valence-corrected chi connectivity index (χ2v) is 8.28. The number of nitrogens with zero attached hydrogens (tertiary/aromatic N) is 2. The van der Waals surface area contributed by atoms with E-state index in [9.17, 15) is 13.2 Å². The summed E-state index contributed by atoms with van der Waals surface area (Å²) in [6, 6.07) is 9.68. The number of ether oxygens (including phenoxy) is 1. The van der Waals surface area contributed by atoms with Crippen molar-refractivity contribution in [2.75, 3.05) is 11.8 Å². The van der Waals surface area contributed by atoms with E-state index in [4.69, 9.17) is 4.74 Å². The van der Waals surface area contributed by atoms with Crippen molar-refractivity contribution >= 4 is 32.4 Å². The highest BCUT2D eigenvalue weighted by atomic mass is 32.2. The first-order valence-corrected chi connectivity index (χ1v) is 10.6. The van der Waals surface area contributed by atoms with Crippen LogP contribution in [0.3, 0.4) is 0 Å². The van der Waals surface area contributed by atoms with Crippen LogP contribution in [0.2, 0.25) is 0 Å². The lowest BCUT2D eigenvalue weighted by molar-refractivity contribution is -0.120. The topological polar surface area (TPSA) is 110 Å². The van der Waals surface area contributed by atoms with Crippen molar-refractivity contribution in [2.24, 2.45) is 0 Å². The van der Waals surface area contributed by atoms with Crippen LogP contribution in [-0.2, 0) is 27.8 Å². The number of nitrogens with one attached hydrogen (secondary N) is 2. The number of benzene rings is 1. The SMILES string of the molecule is COc1ccc(S(=O)(=O)Nc2nc(CC(=O)NCc3cccnc3)cs2)cc1. The summed E-state index contributed by atoms with van der Waals surface area (Å²) in [6.45, 7) is 0.369. The van der Waals surface area contributed by atoms with Crippen molar-refractivity contribution < 1.29 is 17.9 Å². The Bertz CT molecular complexity index is 1030. The van der Waals surface area contributed by atoms with E-state index in [-0.39, 0.29) is 22.4 Å². The molecular weight excluding hydrogens is 400 g/mol. The number of anilines is 1. The Kier molecular flexibility index (Phi) is 6.22. The summed E-state index contributed by atoms with van der Waals surface area (Å²) in [5, 5.41) is 4.63. The quantitative estimate of drug-likeness (QED) is 0.580. The lowest BCUT2D eigenvalue weighted by Crippen LogP contribution is -2.24. The Morgan fingerprint density at radius 3 is 2.68 bits per heavy atom. The molecule has 2 heterocycles. The van der Waals surface area contributed by atoms with Crippen molar-refractivity contribution in [3.8, 4) is 5.75 Å². The average Bonchev–Trinajstić information content (AvgIpc) is 3.13. The highest BCUT2D eigenvalue weighted by Gasteiger charge is 2.17. The van der Waals surface area contributed by atoms with Crippen molar-refractivity contribution in [2.45, 2.75) is 17.9 Å².